The maximum absolute atomic E-state index is 14.1. The molecule has 1 N–H and O–H groups in total. The van der Waals surface area contributed by atoms with Gasteiger partial charge in [0.1, 0.15) is 16.8 Å². The first-order chi connectivity index (χ1) is 14.9. The molecule has 8 heteroatoms. The van der Waals surface area contributed by atoms with Gasteiger partial charge in [0, 0.05) is 25.7 Å². The molecule has 1 aliphatic rings. The summed E-state index contributed by atoms with van der Waals surface area (Å²) in [6, 6.07) is 10.7. The molecule has 0 aliphatic carbocycles. The summed E-state index contributed by atoms with van der Waals surface area (Å²) in [5, 5.41) is 3.72. The van der Waals surface area contributed by atoms with E-state index < -0.39 is 0 Å². The van der Waals surface area contributed by atoms with Crippen molar-refractivity contribution in [2.24, 2.45) is 0 Å². The number of aromatic nitrogens is 2. The molecule has 0 saturated carbocycles. The zero-order chi connectivity index (χ0) is 22.0. The zero-order valence-corrected chi connectivity index (χ0v) is 18.6. The minimum Gasteiger partial charge on any atom is -0.368 e. The molecular formula is C23H25FN4O2S. The predicted octanol–water partition coefficient (Wildman–Crippen LogP) is 4.14. The van der Waals surface area contributed by atoms with Crippen molar-refractivity contribution in [3.63, 3.8) is 0 Å². The number of anilines is 1. The van der Waals surface area contributed by atoms with Gasteiger partial charge < -0.3 is 15.0 Å². The first-order valence-corrected chi connectivity index (χ1v) is 11.0. The van der Waals surface area contributed by atoms with Crippen LogP contribution in [0.2, 0.25) is 0 Å². The number of rotatable bonds is 5. The molecular weight excluding hydrogens is 415 g/mol. The van der Waals surface area contributed by atoms with Crippen LogP contribution >= 0.6 is 11.3 Å². The maximum atomic E-state index is 14.1. The molecule has 3 heterocycles. The first kappa shape index (κ1) is 21.4. The van der Waals surface area contributed by atoms with E-state index in [0.29, 0.717) is 36.6 Å². The molecule has 1 saturated heterocycles. The predicted molar refractivity (Wildman–Crippen MR) is 119 cm³/mol. The van der Waals surface area contributed by atoms with Crippen LogP contribution in [-0.4, -0.2) is 47.5 Å². The third-order valence-corrected chi connectivity index (χ3v) is 6.44. The number of pyridine rings is 1. The molecule has 1 atom stereocenters. The van der Waals surface area contributed by atoms with E-state index in [1.165, 1.54) is 17.4 Å². The van der Waals surface area contributed by atoms with Crippen LogP contribution in [0.3, 0.4) is 0 Å². The lowest BCUT2D eigenvalue weighted by molar-refractivity contribution is -0.0246. The Morgan fingerprint density at radius 3 is 2.84 bits per heavy atom. The van der Waals surface area contributed by atoms with Crippen molar-refractivity contribution in [2.75, 3.05) is 32.1 Å². The highest BCUT2D eigenvalue weighted by Gasteiger charge is 2.29. The van der Waals surface area contributed by atoms with Crippen molar-refractivity contribution in [1.29, 1.82) is 0 Å². The van der Waals surface area contributed by atoms with Crippen molar-refractivity contribution in [2.45, 2.75) is 26.4 Å². The third kappa shape index (κ3) is 4.75. The van der Waals surface area contributed by atoms with Crippen molar-refractivity contribution in [1.82, 2.24) is 14.9 Å². The normalized spacial score (nSPS) is 16.4. The number of ether oxygens (including phenoxy) is 1. The van der Waals surface area contributed by atoms with Gasteiger partial charge in [-0.3, -0.25) is 9.78 Å². The van der Waals surface area contributed by atoms with E-state index in [1.807, 2.05) is 32.0 Å². The highest BCUT2D eigenvalue weighted by molar-refractivity contribution is 7.17. The van der Waals surface area contributed by atoms with Gasteiger partial charge >= 0.3 is 0 Å². The molecule has 1 fully saturated rings. The highest BCUT2D eigenvalue weighted by Crippen LogP contribution is 2.28. The Morgan fingerprint density at radius 1 is 1.29 bits per heavy atom. The lowest BCUT2D eigenvalue weighted by Gasteiger charge is -2.32. The Balaban J connectivity index is 1.54. The van der Waals surface area contributed by atoms with Crippen LogP contribution in [0.25, 0.3) is 0 Å². The van der Waals surface area contributed by atoms with Crippen LogP contribution in [-0.2, 0) is 11.2 Å². The van der Waals surface area contributed by atoms with Gasteiger partial charge in [-0.1, -0.05) is 29.5 Å². The maximum Gasteiger partial charge on any atom is 0.266 e. The largest absolute Gasteiger partial charge is 0.368 e. The average molecular weight is 441 g/mol. The van der Waals surface area contributed by atoms with E-state index in [9.17, 15) is 9.18 Å². The van der Waals surface area contributed by atoms with Gasteiger partial charge in [0.2, 0.25) is 0 Å². The van der Waals surface area contributed by atoms with E-state index in [4.69, 9.17) is 4.74 Å². The molecule has 2 aromatic heterocycles. The molecule has 1 aliphatic heterocycles. The van der Waals surface area contributed by atoms with Gasteiger partial charge in [-0.2, -0.15) is 0 Å². The quantitative estimate of drug-likeness (QED) is 0.646. The van der Waals surface area contributed by atoms with Crippen molar-refractivity contribution < 1.29 is 13.9 Å². The average Bonchev–Trinajstić information content (AvgIpc) is 3.15. The van der Waals surface area contributed by atoms with Crippen LogP contribution < -0.4 is 5.32 Å². The van der Waals surface area contributed by atoms with E-state index in [1.54, 1.807) is 24.1 Å². The van der Waals surface area contributed by atoms with Crippen LogP contribution in [0.1, 0.15) is 44.0 Å². The molecule has 0 radical (unpaired) electrons. The second-order valence-corrected chi connectivity index (χ2v) is 8.60. The van der Waals surface area contributed by atoms with Gasteiger partial charge in [0.25, 0.3) is 5.91 Å². The summed E-state index contributed by atoms with van der Waals surface area (Å²) in [5.74, 6) is -0.255. The highest BCUT2D eigenvalue weighted by atomic mass is 32.1. The summed E-state index contributed by atoms with van der Waals surface area (Å²) >= 11 is 1.36. The van der Waals surface area contributed by atoms with Gasteiger partial charge in [-0.15, -0.1) is 0 Å². The Hall–Kier alpha value is -2.84. The summed E-state index contributed by atoms with van der Waals surface area (Å²) in [5.41, 5.74) is 3.94. The number of morpholine rings is 1. The minimum atomic E-state index is -0.325. The zero-order valence-electron chi connectivity index (χ0n) is 17.8. The molecule has 4 rings (SSSR count). The number of amides is 1. The number of nitrogens with zero attached hydrogens (tertiary/aromatic N) is 3. The third-order valence-electron chi connectivity index (χ3n) is 5.27. The standard InChI is InChI=1S/C23H25FN4O2S/c1-14-10-16(11-17-6-4-5-7-18(17)24)12-19(26-14)20-13-28(8-9-30-20)22(29)21-15(2)27-23(25-3)31-21/h4-7,10,12,20H,8-9,11,13H2,1-3H3,(H,25,27)/t20-/m0/s1. The van der Waals surface area contributed by atoms with Gasteiger partial charge in [0.05, 0.1) is 24.5 Å². The lowest BCUT2D eigenvalue weighted by atomic mass is 10.0. The van der Waals surface area contributed by atoms with Crippen molar-refractivity contribution in [3.05, 3.63) is 75.3 Å². The fraction of sp³-hybridized carbons (Fsp3) is 0.348. The second kappa shape index (κ2) is 9.11. The number of benzene rings is 1. The summed E-state index contributed by atoms with van der Waals surface area (Å²) < 4.78 is 20.1. The molecule has 31 heavy (non-hydrogen) atoms. The number of hydrogen-bond acceptors (Lipinski definition) is 6. The Labute approximate surface area is 185 Å². The van der Waals surface area contributed by atoms with Crippen molar-refractivity contribution >= 4 is 22.4 Å². The SMILES string of the molecule is CNc1nc(C)c(C(=O)N2CCO[C@H](c3cc(Cc4ccccc4F)cc(C)n3)C2)s1. The first-order valence-electron chi connectivity index (χ1n) is 10.2. The van der Waals surface area contributed by atoms with Crippen molar-refractivity contribution in [3.8, 4) is 0 Å². The van der Waals surface area contributed by atoms with Gasteiger partial charge in [-0.05, 0) is 43.2 Å². The fourth-order valence-corrected chi connectivity index (χ4v) is 4.64. The summed E-state index contributed by atoms with van der Waals surface area (Å²) in [7, 11) is 1.79. The van der Waals surface area contributed by atoms with E-state index in [-0.39, 0.29) is 17.8 Å². The summed E-state index contributed by atoms with van der Waals surface area (Å²) in [4.78, 5) is 24.6. The number of halogens is 1. The topological polar surface area (TPSA) is 67.4 Å². The van der Waals surface area contributed by atoms with Crippen LogP contribution in [0, 0.1) is 19.7 Å². The number of nitrogens with one attached hydrogen (secondary N) is 1. The Bertz CT molecular complexity index is 1100. The Kier molecular flexibility index (Phi) is 6.29. The van der Waals surface area contributed by atoms with E-state index in [0.717, 1.165) is 27.8 Å². The number of hydrogen-bond donors (Lipinski definition) is 1. The number of aryl methyl sites for hydroxylation is 2. The summed E-state index contributed by atoms with van der Waals surface area (Å²) in [6.45, 7) is 5.14. The molecule has 3 aromatic rings. The monoisotopic (exact) mass is 440 g/mol. The molecule has 0 unspecified atom stereocenters. The molecule has 1 amide bonds. The molecule has 0 bridgehead atoms. The van der Waals surface area contributed by atoms with Crippen LogP contribution in [0.15, 0.2) is 36.4 Å². The number of carbonyl (C=O) groups excluding carboxylic acids is 1. The molecule has 6 nitrogen and oxygen atoms in total. The molecule has 0 spiro atoms. The smallest absolute Gasteiger partial charge is 0.266 e. The fourth-order valence-electron chi connectivity index (χ4n) is 3.75. The number of thiazole rings is 1. The van der Waals surface area contributed by atoms with E-state index in [2.05, 4.69) is 15.3 Å². The number of carbonyl (C=O) groups is 1. The molecule has 162 valence electrons. The lowest BCUT2D eigenvalue weighted by Crippen LogP contribution is -2.42. The Morgan fingerprint density at radius 2 is 2.10 bits per heavy atom. The second-order valence-electron chi connectivity index (χ2n) is 7.60. The minimum absolute atomic E-state index is 0.0379. The van der Waals surface area contributed by atoms with Gasteiger partial charge in [0.15, 0.2) is 5.13 Å². The van der Waals surface area contributed by atoms with Crippen LogP contribution in [0.5, 0.6) is 0 Å². The van der Waals surface area contributed by atoms with Gasteiger partial charge in [-0.25, -0.2) is 9.37 Å². The van der Waals surface area contributed by atoms with Crippen LogP contribution in [0.4, 0.5) is 9.52 Å². The van der Waals surface area contributed by atoms with E-state index >= 15 is 0 Å². The summed E-state index contributed by atoms with van der Waals surface area (Å²) in [6.07, 6.45) is 0.152. The molecule has 1 aromatic carbocycles.